The van der Waals surface area contributed by atoms with E-state index in [-0.39, 0.29) is 6.10 Å². The number of hydrogen-bond donors (Lipinski definition) is 2. The third kappa shape index (κ3) is 2.61. The second-order valence-corrected chi connectivity index (χ2v) is 6.21. The number of nitrogens with one attached hydrogen (secondary N) is 1. The van der Waals surface area contributed by atoms with Crippen molar-refractivity contribution >= 4 is 22.6 Å². The molecule has 2 rings (SSSR count). The maximum absolute atomic E-state index is 9.97. The van der Waals surface area contributed by atoms with Crippen LogP contribution in [0.5, 0.6) is 0 Å². The molecular formula is C11H20INO. The van der Waals surface area contributed by atoms with E-state index in [4.69, 9.17) is 0 Å². The fourth-order valence-corrected chi connectivity index (χ4v) is 3.62. The normalized spacial score (nSPS) is 41.1. The van der Waals surface area contributed by atoms with Crippen molar-refractivity contribution in [3.05, 3.63) is 0 Å². The largest absolute Gasteiger partial charge is 0.391 e. The van der Waals surface area contributed by atoms with Gasteiger partial charge in [0.25, 0.3) is 0 Å². The van der Waals surface area contributed by atoms with E-state index < -0.39 is 0 Å². The predicted octanol–water partition coefficient (Wildman–Crippen LogP) is 2.44. The zero-order valence-corrected chi connectivity index (χ0v) is 10.7. The van der Waals surface area contributed by atoms with Crippen molar-refractivity contribution in [3.63, 3.8) is 0 Å². The molecule has 1 saturated heterocycles. The zero-order valence-electron chi connectivity index (χ0n) is 8.58. The quantitative estimate of drug-likeness (QED) is 0.443. The highest BCUT2D eigenvalue weighted by atomic mass is 127. The Bertz CT molecular complexity index is 182. The third-order valence-electron chi connectivity index (χ3n) is 3.66. The molecule has 0 aromatic rings. The van der Waals surface area contributed by atoms with Crippen molar-refractivity contribution in [3.8, 4) is 0 Å². The number of rotatable bonds is 1. The summed E-state index contributed by atoms with van der Waals surface area (Å²) in [6.07, 6.45) is 8.77. The van der Waals surface area contributed by atoms with Crippen molar-refractivity contribution in [1.82, 2.24) is 5.32 Å². The molecule has 14 heavy (non-hydrogen) atoms. The number of halogens is 1. The highest BCUT2D eigenvalue weighted by Gasteiger charge is 2.33. The molecule has 0 aromatic heterocycles. The van der Waals surface area contributed by atoms with Gasteiger partial charge in [0, 0.05) is 6.04 Å². The standard InChI is InChI=1S/C11H20INO/c12-10-7-6-9(14)11(13-10)8-4-2-1-3-5-8/h8-11,13-14H,1-7H2. The summed E-state index contributed by atoms with van der Waals surface area (Å²) in [5.41, 5.74) is 0. The molecule has 0 bridgehead atoms. The first kappa shape index (κ1) is 11.1. The van der Waals surface area contributed by atoms with Gasteiger partial charge in [-0.05, 0) is 31.6 Å². The van der Waals surface area contributed by atoms with Crippen molar-refractivity contribution in [2.45, 2.75) is 61.1 Å². The van der Waals surface area contributed by atoms with Gasteiger partial charge < -0.3 is 5.11 Å². The maximum atomic E-state index is 9.97. The maximum Gasteiger partial charge on any atom is 0.0697 e. The summed E-state index contributed by atoms with van der Waals surface area (Å²) in [4.78, 5) is 0. The van der Waals surface area contributed by atoms with Gasteiger partial charge in [-0.2, -0.15) is 0 Å². The van der Waals surface area contributed by atoms with Crippen molar-refractivity contribution in [2.24, 2.45) is 5.92 Å². The molecule has 0 amide bonds. The summed E-state index contributed by atoms with van der Waals surface area (Å²) >= 11 is 2.46. The SMILES string of the molecule is OC1CCC(I)NC1C1CCCCC1. The van der Waals surface area contributed by atoms with Crippen LogP contribution < -0.4 is 5.32 Å². The van der Waals surface area contributed by atoms with E-state index >= 15 is 0 Å². The van der Waals surface area contributed by atoms with Crippen LogP contribution in [0.15, 0.2) is 0 Å². The van der Waals surface area contributed by atoms with Crippen LogP contribution >= 0.6 is 22.6 Å². The Morgan fingerprint density at radius 2 is 1.71 bits per heavy atom. The molecule has 2 aliphatic rings. The van der Waals surface area contributed by atoms with Crippen LogP contribution in [0.3, 0.4) is 0 Å². The highest BCUT2D eigenvalue weighted by molar-refractivity contribution is 14.1. The van der Waals surface area contributed by atoms with E-state index in [0.717, 1.165) is 18.8 Å². The molecule has 1 aliphatic carbocycles. The molecular weight excluding hydrogens is 289 g/mol. The van der Waals surface area contributed by atoms with Gasteiger partial charge in [-0.15, -0.1) is 0 Å². The topological polar surface area (TPSA) is 32.3 Å². The van der Waals surface area contributed by atoms with Gasteiger partial charge in [0.2, 0.25) is 0 Å². The minimum Gasteiger partial charge on any atom is -0.391 e. The number of aliphatic hydroxyl groups is 1. The first-order chi connectivity index (χ1) is 6.77. The number of aliphatic hydroxyl groups excluding tert-OH is 1. The van der Waals surface area contributed by atoms with E-state index in [2.05, 4.69) is 27.9 Å². The molecule has 1 saturated carbocycles. The summed E-state index contributed by atoms with van der Waals surface area (Å²) in [7, 11) is 0. The molecule has 0 spiro atoms. The van der Waals surface area contributed by atoms with Crippen LogP contribution in [0, 0.1) is 5.92 Å². The van der Waals surface area contributed by atoms with Crippen LogP contribution in [0.25, 0.3) is 0 Å². The molecule has 2 fully saturated rings. The number of piperidine rings is 1. The Morgan fingerprint density at radius 1 is 1.00 bits per heavy atom. The average Bonchev–Trinajstić information content (AvgIpc) is 2.23. The summed E-state index contributed by atoms with van der Waals surface area (Å²) in [6, 6.07) is 0.381. The molecule has 3 unspecified atom stereocenters. The van der Waals surface area contributed by atoms with Crippen LogP contribution in [0.4, 0.5) is 0 Å². The molecule has 82 valence electrons. The Labute approximate surface area is 100.0 Å². The fraction of sp³-hybridized carbons (Fsp3) is 1.00. The predicted molar refractivity (Wildman–Crippen MR) is 66.5 cm³/mol. The van der Waals surface area contributed by atoms with Gasteiger partial charge in [-0.3, -0.25) is 5.32 Å². The molecule has 1 aliphatic heterocycles. The molecule has 0 radical (unpaired) electrons. The van der Waals surface area contributed by atoms with E-state index in [1.165, 1.54) is 32.1 Å². The van der Waals surface area contributed by atoms with Crippen LogP contribution in [-0.2, 0) is 0 Å². The Morgan fingerprint density at radius 3 is 2.43 bits per heavy atom. The van der Waals surface area contributed by atoms with Gasteiger partial charge >= 0.3 is 0 Å². The monoisotopic (exact) mass is 309 g/mol. The van der Waals surface area contributed by atoms with Gasteiger partial charge in [0.05, 0.1) is 10.2 Å². The second kappa shape index (κ2) is 5.12. The summed E-state index contributed by atoms with van der Waals surface area (Å²) in [5, 5.41) is 13.5. The lowest BCUT2D eigenvalue weighted by molar-refractivity contribution is 0.0550. The summed E-state index contributed by atoms with van der Waals surface area (Å²) in [6.45, 7) is 0. The first-order valence-corrected chi connectivity index (χ1v) is 7.10. The Balaban J connectivity index is 1.92. The summed E-state index contributed by atoms with van der Waals surface area (Å²) in [5.74, 6) is 0.733. The fourth-order valence-electron chi connectivity index (χ4n) is 2.84. The van der Waals surface area contributed by atoms with Gasteiger partial charge in [0.1, 0.15) is 0 Å². The van der Waals surface area contributed by atoms with Crippen LogP contribution in [-0.4, -0.2) is 21.3 Å². The number of alkyl halides is 1. The molecule has 0 aromatic carbocycles. The Kier molecular flexibility index (Phi) is 4.08. The van der Waals surface area contributed by atoms with Gasteiger partial charge in [-0.1, -0.05) is 41.9 Å². The summed E-state index contributed by atoms with van der Waals surface area (Å²) < 4.78 is 0.572. The lowest BCUT2D eigenvalue weighted by atomic mass is 9.80. The molecule has 3 atom stereocenters. The minimum absolute atomic E-state index is 0.0934. The van der Waals surface area contributed by atoms with E-state index in [0.29, 0.717) is 10.1 Å². The Hall–Kier alpha value is 0.650. The van der Waals surface area contributed by atoms with Crippen LogP contribution in [0.1, 0.15) is 44.9 Å². The highest BCUT2D eigenvalue weighted by Crippen LogP contribution is 2.31. The second-order valence-electron chi connectivity index (χ2n) is 4.70. The zero-order chi connectivity index (χ0) is 9.97. The van der Waals surface area contributed by atoms with Crippen LogP contribution in [0.2, 0.25) is 0 Å². The molecule has 2 N–H and O–H groups in total. The lowest BCUT2D eigenvalue weighted by Crippen LogP contribution is -2.52. The van der Waals surface area contributed by atoms with Gasteiger partial charge in [0.15, 0.2) is 0 Å². The van der Waals surface area contributed by atoms with E-state index in [9.17, 15) is 5.11 Å². The molecule has 3 heteroatoms. The van der Waals surface area contributed by atoms with E-state index in [1.807, 2.05) is 0 Å². The van der Waals surface area contributed by atoms with Crippen molar-refractivity contribution in [1.29, 1.82) is 0 Å². The smallest absolute Gasteiger partial charge is 0.0697 e. The third-order valence-corrected chi connectivity index (χ3v) is 4.64. The average molecular weight is 309 g/mol. The molecule has 1 heterocycles. The first-order valence-electron chi connectivity index (χ1n) is 5.85. The molecule has 2 nitrogen and oxygen atoms in total. The van der Waals surface area contributed by atoms with E-state index in [1.54, 1.807) is 0 Å². The van der Waals surface area contributed by atoms with Gasteiger partial charge in [-0.25, -0.2) is 0 Å². The lowest BCUT2D eigenvalue weighted by Gasteiger charge is -2.39. The van der Waals surface area contributed by atoms with Crippen molar-refractivity contribution in [2.75, 3.05) is 0 Å². The number of hydrogen-bond acceptors (Lipinski definition) is 2. The minimum atomic E-state index is -0.0934. The van der Waals surface area contributed by atoms with Crippen molar-refractivity contribution < 1.29 is 5.11 Å².